The van der Waals surface area contributed by atoms with Crippen molar-refractivity contribution in [2.24, 2.45) is 0 Å². The molecule has 0 radical (unpaired) electrons. The predicted molar refractivity (Wildman–Crippen MR) is 179 cm³/mol. The molecular weight excluding hydrogens is 513 g/mol. The summed E-state index contributed by atoms with van der Waals surface area (Å²) in [5, 5.41) is 7.67. The van der Waals surface area contributed by atoms with Crippen LogP contribution >= 0.6 is 11.3 Å². The molecule has 1 aromatic heterocycles. The van der Waals surface area contributed by atoms with Crippen LogP contribution in [-0.4, -0.2) is 0 Å². The molecule has 0 amide bonds. The fraction of sp³-hybridized carbons (Fsp3) is 0. The van der Waals surface area contributed by atoms with Crippen LogP contribution in [0.2, 0.25) is 0 Å². The van der Waals surface area contributed by atoms with Crippen molar-refractivity contribution in [3.63, 3.8) is 0 Å². The first kappa shape index (κ1) is 23.9. The van der Waals surface area contributed by atoms with Crippen molar-refractivity contribution < 1.29 is 0 Å². The van der Waals surface area contributed by atoms with Crippen molar-refractivity contribution in [2.75, 3.05) is 0 Å². The van der Waals surface area contributed by atoms with Gasteiger partial charge in [-0.25, -0.2) is 0 Å². The summed E-state index contributed by atoms with van der Waals surface area (Å²) < 4.78 is 0. The third kappa shape index (κ3) is 4.06. The fourth-order valence-corrected chi connectivity index (χ4v) is 7.26. The summed E-state index contributed by atoms with van der Waals surface area (Å²) in [6.45, 7) is 0. The van der Waals surface area contributed by atoms with Gasteiger partial charge in [-0.2, -0.15) is 0 Å². The fourth-order valence-electron chi connectivity index (χ4n) is 6.25. The molecule has 0 aliphatic rings. The van der Waals surface area contributed by atoms with Gasteiger partial charge < -0.3 is 0 Å². The molecule has 1 heteroatoms. The molecule has 0 N–H and O–H groups in total. The van der Waals surface area contributed by atoms with Crippen LogP contribution in [0.4, 0.5) is 0 Å². The van der Waals surface area contributed by atoms with Crippen molar-refractivity contribution in [1.29, 1.82) is 0 Å². The lowest BCUT2D eigenvalue weighted by atomic mass is 9.84. The zero-order valence-corrected chi connectivity index (χ0v) is 23.2. The van der Waals surface area contributed by atoms with E-state index in [-0.39, 0.29) is 0 Å². The number of thiophene rings is 1. The van der Waals surface area contributed by atoms with Gasteiger partial charge >= 0.3 is 0 Å². The topological polar surface area (TPSA) is 0 Å². The Morgan fingerprint density at radius 3 is 1.51 bits per heavy atom. The van der Waals surface area contributed by atoms with E-state index in [1.165, 1.54) is 75.5 Å². The molecule has 0 saturated carbocycles. The predicted octanol–water partition coefficient (Wildman–Crippen LogP) is 11.9. The molecule has 7 aromatic carbocycles. The molecule has 0 aliphatic heterocycles. The van der Waals surface area contributed by atoms with Gasteiger partial charge in [0.15, 0.2) is 0 Å². The average molecular weight is 539 g/mol. The number of benzene rings is 7. The molecule has 0 unspecified atom stereocenters. The molecule has 8 rings (SSSR count). The molecule has 0 nitrogen and oxygen atoms in total. The number of hydrogen-bond acceptors (Lipinski definition) is 1. The van der Waals surface area contributed by atoms with Crippen molar-refractivity contribution in [3.8, 4) is 43.1 Å². The summed E-state index contributed by atoms with van der Waals surface area (Å²) in [7, 11) is 0. The van der Waals surface area contributed by atoms with Crippen LogP contribution in [0, 0.1) is 0 Å². The van der Waals surface area contributed by atoms with Gasteiger partial charge in [0.2, 0.25) is 0 Å². The van der Waals surface area contributed by atoms with Crippen LogP contribution in [0.15, 0.2) is 158 Å². The lowest BCUT2D eigenvalue weighted by molar-refractivity contribution is 1.66. The quantitative estimate of drug-likeness (QED) is 0.195. The highest BCUT2D eigenvalue weighted by Crippen LogP contribution is 2.46. The Hall–Kier alpha value is -4.98. The van der Waals surface area contributed by atoms with Crippen molar-refractivity contribution in [3.05, 3.63) is 158 Å². The molecule has 0 spiro atoms. The first-order valence-electron chi connectivity index (χ1n) is 14.0. The van der Waals surface area contributed by atoms with E-state index < -0.39 is 0 Å². The Morgan fingerprint density at radius 1 is 0.317 bits per heavy atom. The second kappa shape index (κ2) is 9.89. The molecule has 192 valence electrons. The summed E-state index contributed by atoms with van der Waals surface area (Å²) in [5.41, 5.74) is 7.64. The lowest BCUT2D eigenvalue weighted by Gasteiger charge is -2.19. The first-order valence-corrected chi connectivity index (χ1v) is 14.8. The Balaban J connectivity index is 1.37. The smallest absolute Gasteiger partial charge is 0.0349 e. The van der Waals surface area contributed by atoms with Gasteiger partial charge in [-0.05, 0) is 83.9 Å². The van der Waals surface area contributed by atoms with E-state index in [1.54, 1.807) is 0 Å². The van der Waals surface area contributed by atoms with Gasteiger partial charge in [0.1, 0.15) is 0 Å². The third-order valence-electron chi connectivity index (χ3n) is 8.09. The lowest BCUT2D eigenvalue weighted by Crippen LogP contribution is -1.91. The van der Waals surface area contributed by atoms with Gasteiger partial charge in [0, 0.05) is 9.75 Å². The standard InChI is InChI=1S/C40H26S/c1-2-13-28(14-3-1)37-24-25-38(41-37)29-16-10-17-30(26-29)39-33-19-6-8-21-35(33)40(36-22-9-7-20-34(36)39)32-23-11-15-27-12-4-5-18-31(27)32/h1-26H. The maximum Gasteiger partial charge on any atom is 0.0349 e. The van der Waals surface area contributed by atoms with Crippen molar-refractivity contribution in [2.45, 2.75) is 0 Å². The van der Waals surface area contributed by atoms with Crippen LogP contribution in [-0.2, 0) is 0 Å². The van der Waals surface area contributed by atoms with Crippen molar-refractivity contribution >= 4 is 43.7 Å². The van der Waals surface area contributed by atoms with Gasteiger partial charge in [0.05, 0.1) is 0 Å². The minimum Gasteiger partial charge on any atom is -0.135 e. The Bertz CT molecular complexity index is 2140. The van der Waals surface area contributed by atoms with Gasteiger partial charge in [-0.15, -0.1) is 11.3 Å². The monoisotopic (exact) mass is 538 g/mol. The zero-order valence-electron chi connectivity index (χ0n) is 22.4. The Labute approximate surface area is 243 Å². The highest BCUT2D eigenvalue weighted by Gasteiger charge is 2.18. The second-order valence-electron chi connectivity index (χ2n) is 10.5. The van der Waals surface area contributed by atoms with Gasteiger partial charge in [-0.1, -0.05) is 140 Å². The van der Waals surface area contributed by atoms with E-state index in [4.69, 9.17) is 0 Å². The van der Waals surface area contributed by atoms with Crippen LogP contribution in [0.1, 0.15) is 0 Å². The zero-order chi connectivity index (χ0) is 27.2. The van der Waals surface area contributed by atoms with Crippen molar-refractivity contribution in [1.82, 2.24) is 0 Å². The van der Waals surface area contributed by atoms with E-state index in [0.717, 1.165) is 0 Å². The van der Waals surface area contributed by atoms with E-state index in [9.17, 15) is 0 Å². The minimum atomic E-state index is 1.24. The molecular formula is C40H26S. The van der Waals surface area contributed by atoms with Gasteiger partial charge in [-0.3, -0.25) is 0 Å². The largest absolute Gasteiger partial charge is 0.135 e. The minimum absolute atomic E-state index is 1.24. The van der Waals surface area contributed by atoms with Crippen LogP contribution in [0.3, 0.4) is 0 Å². The molecule has 8 aromatic rings. The maximum absolute atomic E-state index is 2.37. The number of hydrogen-bond donors (Lipinski definition) is 0. The summed E-state index contributed by atoms with van der Waals surface area (Å²) in [6.07, 6.45) is 0. The van der Waals surface area contributed by atoms with Crippen LogP contribution < -0.4 is 0 Å². The maximum atomic E-state index is 2.37. The van der Waals surface area contributed by atoms with E-state index >= 15 is 0 Å². The van der Waals surface area contributed by atoms with E-state index in [1.807, 2.05) is 11.3 Å². The summed E-state index contributed by atoms with van der Waals surface area (Å²) in [5.74, 6) is 0. The normalized spacial score (nSPS) is 11.4. The summed E-state index contributed by atoms with van der Waals surface area (Å²) in [4.78, 5) is 2.58. The first-order chi connectivity index (χ1) is 20.3. The second-order valence-corrected chi connectivity index (χ2v) is 11.6. The Kier molecular flexibility index (Phi) is 5.76. The average Bonchev–Trinajstić information content (AvgIpc) is 3.55. The number of rotatable bonds is 4. The number of fused-ring (bicyclic) bond motifs is 3. The van der Waals surface area contributed by atoms with Crippen LogP contribution in [0.25, 0.3) is 75.5 Å². The van der Waals surface area contributed by atoms with Crippen LogP contribution in [0.5, 0.6) is 0 Å². The third-order valence-corrected chi connectivity index (χ3v) is 9.27. The highest BCUT2D eigenvalue weighted by atomic mass is 32.1. The summed E-state index contributed by atoms with van der Waals surface area (Å²) >= 11 is 1.85. The molecule has 0 aliphatic carbocycles. The Morgan fingerprint density at radius 2 is 0.805 bits per heavy atom. The molecule has 41 heavy (non-hydrogen) atoms. The summed E-state index contributed by atoms with van der Waals surface area (Å²) in [6, 6.07) is 57.4. The molecule has 0 fully saturated rings. The van der Waals surface area contributed by atoms with E-state index in [0.29, 0.717) is 0 Å². The molecule has 0 atom stereocenters. The van der Waals surface area contributed by atoms with Gasteiger partial charge in [0.25, 0.3) is 0 Å². The SMILES string of the molecule is c1ccc(-c2ccc(-c3cccc(-c4c5ccccc5c(-c5cccc6ccccc56)c5ccccc45)c3)s2)cc1. The molecule has 0 saturated heterocycles. The highest BCUT2D eigenvalue weighted by molar-refractivity contribution is 7.18. The molecule has 0 bridgehead atoms. The molecule has 1 heterocycles. The van der Waals surface area contributed by atoms with E-state index in [2.05, 4.69) is 158 Å².